The van der Waals surface area contributed by atoms with Gasteiger partial charge in [-0.25, -0.2) is 4.79 Å². The smallest absolute Gasteiger partial charge is 0.408 e. The van der Waals surface area contributed by atoms with E-state index in [9.17, 15) is 14.4 Å². The molecule has 0 spiro atoms. The predicted octanol–water partition coefficient (Wildman–Crippen LogP) is 6.88. The molecule has 0 saturated carbocycles. The SMILES string of the molecule is CCc1ccc(C(C(=O)Nc2c(C)cccc2Cl)N(CC)C(=O)C(Cc2ccccc2)NC(=O)OC(C)(C)C)cc1. The quantitative estimate of drug-likeness (QED) is 0.275. The molecule has 3 rings (SSSR count). The lowest BCUT2D eigenvalue weighted by Crippen LogP contribution is -2.53. The number of benzene rings is 3. The fraction of sp³-hybridized carbons (Fsp3) is 0.364. The molecule has 7 nitrogen and oxygen atoms in total. The highest BCUT2D eigenvalue weighted by Gasteiger charge is 2.36. The molecule has 0 bridgehead atoms. The Hall–Kier alpha value is -3.84. The van der Waals surface area contributed by atoms with E-state index >= 15 is 0 Å². The Bertz CT molecular complexity index is 1320. The minimum atomic E-state index is -0.979. The summed E-state index contributed by atoms with van der Waals surface area (Å²) >= 11 is 6.43. The van der Waals surface area contributed by atoms with E-state index in [0.717, 1.165) is 23.1 Å². The Kier molecular flexibility index (Phi) is 11.0. The lowest BCUT2D eigenvalue weighted by Gasteiger charge is -2.34. The summed E-state index contributed by atoms with van der Waals surface area (Å²) in [7, 11) is 0. The van der Waals surface area contributed by atoms with Crippen LogP contribution in [0.1, 0.15) is 62.9 Å². The van der Waals surface area contributed by atoms with E-state index in [1.54, 1.807) is 26.8 Å². The number of hydrogen-bond acceptors (Lipinski definition) is 4. The largest absolute Gasteiger partial charge is 0.444 e. The maximum Gasteiger partial charge on any atom is 0.408 e. The Morgan fingerprint density at radius 1 is 0.902 bits per heavy atom. The highest BCUT2D eigenvalue weighted by atomic mass is 35.5. The summed E-state index contributed by atoms with van der Waals surface area (Å²) in [6.45, 7) is 11.2. The van der Waals surface area contributed by atoms with Gasteiger partial charge in [0, 0.05) is 13.0 Å². The summed E-state index contributed by atoms with van der Waals surface area (Å²) in [4.78, 5) is 42.6. The topological polar surface area (TPSA) is 87.7 Å². The van der Waals surface area contributed by atoms with Crippen LogP contribution in [-0.2, 0) is 27.2 Å². The molecule has 3 aromatic carbocycles. The number of anilines is 1. The van der Waals surface area contributed by atoms with Gasteiger partial charge in [0.15, 0.2) is 0 Å². The van der Waals surface area contributed by atoms with Gasteiger partial charge in [-0.15, -0.1) is 0 Å². The van der Waals surface area contributed by atoms with E-state index in [4.69, 9.17) is 16.3 Å². The molecule has 0 aliphatic heterocycles. The van der Waals surface area contributed by atoms with E-state index in [0.29, 0.717) is 16.3 Å². The minimum Gasteiger partial charge on any atom is -0.444 e. The third kappa shape index (κ3) is 8.82. The molecule has 0 fully saturated rings. The van der Waals surface area contributed by atoms with E-state index in [2.05, 4.69) is 17.6 Å². The maximum absolute atomic E-state index is 14.3. The van der Waals surface area contributed by atoms with E-state index in [-0.39, 0.29) is 13.0 Å². The summed E-state index contributed by atoms with van der Waals surface area (Å²) in [6, 6.07) is 20.5. The first-order valence-electron chi connectivity index (χ1n) is 13.9. The molecule has 41 heavy (non-hydrogen) atoms. The molecular weight excluding hydrogens is 538 g/mol. The molecule has 8 heteroatoms. The van der Waals surface area contributed by atoms with Crippen LogP contribution in [0.3, 0.4) is 0 Å². The fourth-order valence-corrected chi connectivity index (χ4v) is 4.82. The molecule has 0 radical (unpaired) electrons. The maximum atomic E-state index is 14.3. The summed E-state index contributed by atoms with van der Waals surface area (Å²) in [5.41, 5.74) is 3.16. The van der Waals surface area contributed by atoms with Crippen molar-refractivity contribution in [1.29, 1.82) is 0 Å². The first-order valence-corrected chi connectivity index (χ1v) is 14.3. The zero-order chi connectivity index (χ0) is 30.2. The third-order valence-electron chi connectivity index (χ3n) is 6.63. The number of carbonyl (C=O) groups excluding carboxylic acids is 3. The number of rotatable bonds is 10. The van der Waals surface area contributed by atoms with Crippen molar-refractivity contribution in [1.82, 2.24) is 10.2 Å². The van der Waals surface area contributed by atoms with Crippen LogP contribution in [0.15, 0.2) is 72.8 Å². The molecule has 0 aromatic heterocycles. The summed E-state index contributed by atoms with van der Waals surface area (Å²) in [5, 5.41) is 6.13. The molecule has 0 heterocycles. The molecule has 0 aliphatic rings. The van der Waals surface area contributed by atoms with Gasteiger partial charge in [0.05, 0.1) is 10.7 Å². The minimum absolute atomic E-state index is 0.218. The van der Waals surface area contributed by atoms with Gasteiger partial charge in [-0.3, -0.25) is 9.59 Å². The second-order valence-electron chi connectivity index (χ2n) is 10.9. The number of halogens is 1. The van der Waals surface area contributed by atoms with Crippen LogP contribution >= 0.6 is 11.6 Å². The number of carbonyl (C=O) groups is 3. The van der Waals surface area contributed by atoms with Crippen LogP contribution in [0.5, 0.6) is 0 Å². The van der Waals surface area contributed by atoms with E-state index in [1.165, 1.54) is 4.90 Å². The number of ether oxygens (including phenoxy) is 1. The average molecular weight is 578 g/mol. The number of nitrogens with one attached hydrogen (secondary N) is 2. The number of nitrogens with zero attached hydrogens (tertiary/aromatic N) is 1. The second kappa shape index (κ2) is 14.2. The van der Waals surface area contributed by atoms with Gasteiger partial charge in [-0.05, 0) is 69.4 Å². The number of amides is 3. The van der Waals surface area contributed by atoms with Crippen LogP contribution in [-0.4, -0.2) is 41.0 Å². The average Bonchev–Trinajstić information content (AvgIpc) is 2.92. The van der Waals surface area contributed by atoms with Gasteiger partial charge in [0.25, 0.3) is 5.91 Å². The lowest BCUT2D eigenvalue weighted by atomic mass is 9.99. The summed E-state index contributed by atoms with van der Waals surface area (Å²) < 4.78 is 5.48. The van der Waals surface area contributed by atoms with Gasteiger partial charge in [0.1, 0.15) is 17.7 Å². The zero-order valence-electron chi connectivity index (χ0n) is 24.7. The monoisotopic (exact) mass is 577 g/mol. The molecule has 2 N–H and O–H groups in total. The summed E-state index contributed by atoms with van der Waals surface area (Å²) in [6.07, 6.45) is 0.357. The number of alkyl carbamates (subject to hydrolysis) is 1. The molecule has 0 saturated heterocycles. The van der Waals surface area contributed by atoms with Crippen molar-refractivity contribution in [2.75, 3.05) is 11.9 Å². The highest BCUT2D eigenvalue weighted by molar-refractivity contribution is 6.34. The third-order valence-corrected chi connectivity index (χ3v) is 6.94. The molecular formula is C33H40ClN3O4. The molecule has 2 atom stereocenters. The van der Waals surface area contributed by atoms with Crippen LogP contribution in [0.4, 0.5) is 10.5 Å². The Morgan fingerprint density at radius 2 is 1.56 bits per heavy atom. The Morgan fingerprint density at radius 3 is 2.12 bits per heavy atom. The fourth-order valence-electron chi connectivity index (χ4n) is 4.56. The van der Waals surface area contributed by atoms with Gasteiger partial charge in [-0.2, -0.15) is 0 Å². The highest BCUT2D eigenvalue weighted by Crippen LogP contribution is 2.29. The van der Waals surface area contributed by atoms with Crippen molar-refractivity contribution in [3.8, 4) is 0 Å². The van der Waals surface area contributed by atoms with Crippen molar-refractivity contribution in [2.45, 2.75) is 72.1 Å². The van der Waals surface area contributed by atoms with Crippen molar-refractivity contribution in [3.05, 3.63) is 100 Å². The van der Waals surface area contributed by atoms with Gasteiger partial charge < -0.3 is 20.3 Å². The number of likely N-dealkylation sites (N-methyl/N-ethyl adjacent to an activating group) is 1. The van der Waals surface area contributed by atoms with Crippen LogP contribution in [0.2, 0.25) is 5.02 Å². The van der Waals surface area contributed by atoms with Gasteiger partial charge >= 0.3 is 6.09 Å². The molecule has 3 amide bonds. The molecule has 2 unspecified atom stereocenters. The van der Waals surface area contributed by atoms with Crippen LogP contribution in [0, 0.1) is 6.92 Å². The van der Waals surface area contributed by atoms with Crippen LogP contribution < -0.4 is 10.6 Å². The van der Waals surface area contributed by atoms with Crippen molar-refractivity contribution in [3.63, 3.8) is 0 Å². The van der Waals surface area contributed by atoms with Crippen molar-refractivity contribution in [2.24, 2.45) is 0 Å². The zero-order valence-corrected chi connectivity index (χ0v) is 25.4. The normalized spacial score (nSPS) is 12.7. The Labute approximate surface area is 248 Å². The molecule has 0 aliphatic carbocycles. The standard InChI is InChI=1S/C33H40ClN3O4/c1-7-23-17-19-25(20-18-23)29(30(38)36-28-22(3)13-12-16-26(28)34)37(8-2)31(39)27(21-24-14-10-9-11-15-24)35-32(40)41-33(4,5)6/h9-20,27,29H,7-8,21H2,1-6H3,(H,35,40)(H,36,38). The van der Waals surface area contributed by atoms with Gasteiger partial charge in [-0.1, -0.05) is 85.3 Å². The van der Waals surface area contributed by atoms with Crippen molar-refractivity contribution >= 4 is 35.2 Å². The second-order valence-corrected chi connectivity index (χ2v) is 11.3. The van der Waals surface area contributed by atoms with Crippen LogP contribution in [0.25, 0.3) is 0 Å². The first kappa shape index (κ1) is 31.7. The van der Waals surface area contributed by atoms with Crippen molar-refractivity contribution < 1.29 is 19.1 Å². The summed E-state index contributed by atoms with van der Waals surface area (Å²) in [5.74, 6) is -0.811. The van der Waals surface area contributed by atoms with E-state index in [1.807, 2.05) is 80.6 Å². The predicted molar refractivity (Wildman–Crippen MR) is 164 cm³/mol. The lowest BCUT2D eigenvalue weighted by molar-refractivity contribution is -0.140. The Balaban J connectivity index is 2.03. The number of aryl methyl sites for hydroxylation is 2. The molecule has 218 valence electrons. The van der Waals surface area contributed by atoms with Gasteiger partial charge in [0.2, 0.25) is 5.91 Å². The number of para-hydroxylation sites is 1. The van der Waals surface area contributed by atoms with E-state index < -0.39 is 35.6 Å². The first-order chi connectivity index (χ1) is 19.4. The number of hydrogen-bond donors (Lipinski definition) is 2. The molecule has 3 aromatic rings.